The number of nitrogens with zero attached hydrogens (tertiary/aromatic N) is 4. The summed E-state index contributed by atoms with van der Waals surface area (Å²) < 4.78 is 13.1. The van der Waals surface area contributed by atoms with E-state index in [4.69, 9.17) is 14.5 Å². The first-order valence-corrected chi connectivity index (χ1v) is 11.6. The standard InChI is InChI=1S/C26H29N5O4/c1-31-24(35-11-9-20-7-6-18-4-3-10-28-26(18)29-20)15-21(30-31)13-19(14-25(32)33)22-12-17(16-27)5-8-23(22)34-2/h5-8,12,15,19H,3-4,9-11,13-14H2,1-2H3,(H,28,29)(H,32,33). The Kier molecular flexibility index (Phi) is 7.51. The van der Waals surface area contributed by atoms with Gasteiger partial charge in [0.2, 0.25) is 5.88 Å². The summed E-state index contributed by atoms with van der Waals surface area (Å²) >= 11 is 0. The van der Waals surface area contributed by atoms with Crippen LogP contribution in [-0.2, 0) is 31.1 Å². The van der Waals surface area contributed by atoms with Crippen molar-refractivity contribution in [1.82, 2.24) is 14.8 Å². The van der Waals surface area contributed by atoms with E-state index in [0.717, 1.165) is 30.9 Å². The minimum Gasteiger partial charge on any atom is -0.496 e. The number of anilines is 1. The van der Waals surface area contributed by atoms with E-state index in [-0.39, 0.29) is 6.42 Å². The number of carboxylic acids is 1. The molecular formula is C26H29N5O4. The second-order valence-electron chi connectivity index (χ2n) is 8.60. The molecule has 1 unspecified atom stereocenters. The molecule has 3 aromatic rings. The fourth-order valence-electron chi connectivity index (χ4n) is 4.39. The molecule has 0 saturated heterocycles. The number of hydrogen-bond donors (Lipinski definition) is 2. The molecule has 9 heteroatoms. The van der Waals surface area contributed by atoms with Crippen molar-refractivity contribution in [2.45, 2.75) is 38.0 Å². The second kappa shape index (κ2) is 10.9. The Morgan fingerprint density at radius 2 is 2.14 bits per heavy atom. The van der Waals surface area contributed by atoms with E-state index in [9.17, 15) is 15.2 Å². The first-order chi connectivity index (χ1) is 17.0. The summed E-state index contributed by atoms with van der Waals surface area (Å²) in [5.74, 6) is 0.777. The number of pyridine rings is 1. The lowest BCUT2D eigenvalue weighted by Crippen LogP contribution is -2.14. The molecule has 0 spiro atoms. The van der Waals surface area contributed by atoms with Crippen LogP contribution in [0.1, 0.15) is 46.8 Å². The lowest BCUT2D eigenvalue weighted by molar-refractivity contribution is -0.137. The van der Waals surface area contributed by atoms with Gasteiger partial charge < -0.3 is 19.9 Å². The Morgan fingerprint density at radius 3 is 2.91 bits per heavy atom. The molecular weight excluding hydrogens is 446 g/mol. The number of fused-ring (bicyclic) bond motifs is 1. The fourth-order valence-corrected chi connectivity index (χ4v) is 4.39. The van der Waals surface area contributed by atoms with Gasteiger partial charge in [0.15, 0.2) is 0 Å². The van der Waals surface area contributed by atoms with Crippen LogP contribution < -0.4 is 14.8 Å². The fraction of sp³-hybridized carbons (Fsp3) is 0.385. The summed E-state index contributed by atoms with van der Waals surface area (Å²) in [7, 11) is 3.33. The van der Waals surface area contributed by atoms with Crippen molar-refractivity contribution in [3.63, 3.8) is 0 Å². The number of carboxylic acid groups (broad SMARTS) is 1. The van der Waals surface area contributed by atoms with Crippen LogP contribution in [-0.4, -0.2) is 46.1 Å². The van der Waals surface area contributed by atoms with E-state index in [2.05, 4.69) is 22.6 Å². The zero-order chi connectivity index (χ0) is 24.8. The van der Waals surface area contributed by atoms with Gasteiger partial charge in [0.1, 0.15) is 11.6 Å². The first-order valence-electron chi connectivity index (χ1n) is 11.6. The van der Waals surface area contributed by atoms with Gasteiger partial charge in [0, 0.05) is 37.7 Å². The maximum Gasteiger partial charge on any atom is 0.303 e. The summed E-state index contributed by atoms with van der Waals surface area (Å²) in [6.45, 7) is 1.40. The molecule has 2 aromatic heterocycles. The molecule has 9 nitrogen and oxygen atoms in total. The number of hydrogen-bond acceptors (Lipinski definition) is 7. The highest BCUT2D eigenvalue weighted by Gasteiger charge is 2.23. The molecule has 0 amide bonds. The van der Waals surface area contributed by atoms with Crippen LogP contribution in [0.4, 0.5) is 5.82 Å². The zero-order valence-electron chi connectivity index (χ0n) is 20.0. The van der Waals surface area contributed by atoms with Crippen LogP contribution >= 0.6 is 0 Å². The molecule has 0 radical (unpaired) electrons. The van der Waals surface area contributed by atoms with Crippen LogP contribution in [0.3, 0.4) is 0 Å². The first kappa shape index (κ1) is 24.1. The molecule has 1 aliphatic rings. The number of nitrogens with one attached hydrogen (secondary N) is 1. The Bertz CT molecular complexity index is 1250. The van der Waals surface area contributed by atoms with Gasteiger partial charge >= 0.3 is 5.97 Å². The van der Waals surface area contributed by atoms with Gasteiger partial charge in [0.05, 0.1) is 37.5 Å². The number of nitriles is 1. The van der Waals surface area contributed by atoms with Crippen molar-refractivity contribution in [3.8, 4) is 17.7 Å². The van der Waals surface area contributed by atoms with Gasteiger partial charge in [-0.25, -0.2) is 9.67 Å². The van der Waals surface area contributed by atoms with E-state index in [1.54, 1.807) is 29.9 Å². The predicted octanol–water partition coefficient (Wildman–Crippen LogP) is 3.48. The third-order valence-corrected chi connectivity index (χ3v) is 6.12. The lowest BCUT2D eigenvalue weighted by atomic mass is 9.89. The van der Waals surface area contributed by atoms with Gasteiger partial charge in [-0.3, -0.25) is 4.79 Å². The van der Waals surface area contributed by atoms with Gasteiger partial charge in [-0.05, 0) is 54.7 Å². The minimum absolute atomic E-state index is 0.115. The van der Waals surface area contributed by atoms with Crippen molar-refractivity contribution < 1.29 is 19.4 Å². The Labute approximate surface area is 204 Å². The Morgan fingerprint density at radius 1 is 1.29 bits per heavy atom. The van der Waals surface area contributed by atoms with Crippen LogP contribution in [0.25, 0.3) is 0 Å². The highest BCUT2D eigenvalue weighted by Crippen LogP contribution is 2.33. The van der Waals surface area contributed by atoms with Crippen molar-refractivity contribution in [2.75, 3.05) is 25.6 Å². The molecule has 0 aliphatic carbocycles. The normalized spacial score (nSPS) is 13.3. The molecule has 2 N–H and O–H groups in total. The molecule has 3 heterocycles. The molecule has 0 saturated carbocycles. The topological polar surface area (TPSA) is 122 Å². The van der Waals surface area contributed by atoms with E-state index in [1.165, 1.54) is 12.7 Å². The summed E-state index contributed by atoms with van der Waals surface area (Å²) in [6, 6.07) is 13.1. The number of benzene rings is 1. The van der Waals surface area contributed by atoms with E-state index in [1.807, 2.05) is 12.1 Å². The van der Waals surface area contributed by atoms with Gasteiger partial charge in [-0.2, -0.15) is 10.4 Å². The Balaban J connectivity index is 1.44. The molecule has 1 aliphatic heterocycles. The zero-order valence-corrected chi connectivity index (χ0v) is 20.0. The van der Waals surface area contributed by atoms with Crippen LogP contribution in [0.15, 0.2) is 36.4 Å². The third-order valence-electron chi connectivity index (χ3n) is 6.12. The van der Waals surface area contributed by atoms with Gasteiger partial charge in [0.25, 0.3) is 0 Å². The molecule has 0 bridgehead atoms. The molecule has 182 valence electrons. The van der Waals surface area contributed by atoms with Crippen molar-refractivity contribution in [2.24, 2.45) is 7.05 Å². The number of ether oxygens (including phenoxy) is 2. The average molecular weight is 476 g/mol. The smallest absolute Gasteiger partial charge is 0.303 e. The number of aliphatic carboxylic acids is 1. The number of rotatable bonds is 10. The third kappa shape index (κ3) is 5.90. The summed E-state index contributed by atoms with van der Waals surface area (Å²) in [5, 5.41) is 26.7. The second-order valence-corrected chi connectivity index (χ2v) is 8.60. The maximum atomic E-state index is 11.6. The number of carbonyl (C=O) groups is 1. The van der Waals surface area contributed by atoms with E-state index >= 15 is 0 Å². The van der Waals surface area contributed by atoms with Crippen molar-refractivity contribution >= 4 is 11.8 Å². The maximum absolute atomic E-state index is 11.6. The highest BCUT2D eigenvalue weighted by atomic mass is 16.5. The monoisotopic (exact) mass is 475 g/mol. The van der Waals surface area contributed by atoms with E-state index < -0.39 is 11.9 Å². The Hall–Kier alpha value is -4.06. The van der Waals surface area contributed by atoms with E-state index in [0.29, 0.717) is 47.9 Å². The summed E-state index contributed by atoms with van der Waals surface area (Å²) in [6.07, 6.45) is 3.10. The molecule has 4 rings (SSSR count). The number of aromatic nitrogens is 3. The number of aryl methyl sites for hydroxylation is 2. The molecule has 1 atom stereocenters. The van der Waals surface area contributed by atoms with Crippen LogP contribution in [0, 0.1) is 11.3 Å². The largest absolute Gasteiger partial charge is 0.496 e. The highest BCUT2D eigenvalue weighted by molar-refractivity contribution is 5.68. The van der Waals surface area contributed by atoms with Crippen LogP contribution in [0.2, 0.25) is 0 Å². The molecule has 35 heavy (non-hydrogen) atoms. The summed E-state index contributed by atoms with van der Waals surface area (Å²) in [4.78, 5) is 16.3. The lowest BCUT2D eigenvalue weighted by Gasteiger charge is -2.18. The molecule has 1 aromatic carbocycles. The summed E-state index contributed by atoms with van der Waals surface area (Å²) in [5.41, 5.74) is 4.05. The van der Waals surface area contributed by atoms with Crippen LogP contribution in [0.5, 0.6) is 11.6 Å². The number of methoxy groups -OCH3 is 1. The van der Waals surface area contributed by atoms with Gasteiger partial charge in [-0.1, -0.05) is 6.07 Å². The minimum atomic E-state index is -0.932. The predicted molar refractivity (Wildman–Crippen MR) is 130 cm³/mol. The average Bonchev–Trinajstić information content (AvgIpc) is 3.21. The van der Waals surface area contributed by atoms with Gasteiger partial charge in [-0.15, -0.1) is 0 Å². The SMILES string of the molecule is COc1ccc(C#N)cc1C(CC(=O)O)Cc1cc(OCCc2ccc3c(n2)NCCC3)n(C)n1. The van der Waals surface area contributed by atoms with Crippen molar-refractivity contribution in [1.29, 1.82) is 5.26 Å². The van der Waals surface area contributed by atoms with Crippen molar-refractivity contribution in [3.05, 3.63) is 64.5 Å². The molecule has 0 fully saturated rings. The quantitative estimate of drug-likeness (QED) is 0.457.